The number of carbonyl (C=O) groups excluding carboxylic acids is 1. The fraction of sp³-hybridized carbons (Fsp3) is 0.364. The van der Waals surface area contributed by atoms with Crippen molar-refractivity contribution in [3.63, 3.8) is 0 Å². The number of anilines is 1. The van der Waals surface area contributed by atoms with Crippen molar-refractivity contribution in [3.8, 4) is 0 Å². The zero-order chi connectivity index (χ0) is 12.1. The molecule has 0 aliphatic carbocycles. The summed E-state index contributed by atoms with van der Waals surface area (Å²) < 4.78 is 13.7. The first-order chi connectivity index (χ1) is 7.50. The molecule has 5 heteroatoms. The highest BCUT2D eigenvalue weighted by Gasteiger charge is 2.05. The quantitative estimate of drug-likeness (QED) is 0.923. The highest BCUT2D eigenvalue weighted by molar-refractivity contribution is 9.10. The SMILES string of the molecule is CN(C)C(=O)CCNc1cc(F)ccc1Br. The second-order valence-corrected chi connectivity index (χ2v) is 4.44. The number of hydrogen-bond acceptors (Lipinski definition) is 2. The molecule has 0 spiro atoms. The zero-order valence-electron chi connectivity index (χ0n) is 9.26. The Labute approximate surface area is 103 Å². The third-order valence-corrected chi connectivity index (χ3v) is 2.77. The van der Waals surface area contributed by atoms with Crippen LogP contribution in [0.3, 0.4) is 0 Å². The molecule has 1 aromatic rings. The van der Waals surface area contributed by atoms with Crippen molar-refractivity contribution in [2.75, 3.05) is 26.0 Å². The van der Waals surface area contributed by atoms with Crippen LogP contribution >= 0.6 is 15.9 Å². The molecule has 0 aliphatic heterocycles. The predicted octanol–water partition coefficient (Wildman–Crippen LogP) is 2.48. The van der Waals surface area contributed by atoms with E-state index in [0.717, 1.165) is 4.47 Å². The summed E-state index contributed by atoms with van der Waals surface area (Å²) in [7, 11) is 3.42. The number of carbonyl (C=O) groups is 1. The Morgan fingerprint density at radius 1 is 1.50 bits per heavy atom. The van der Waals surface area contributed by atoms with Gasteiger partial charge in [-0.25, -0.2) is 4.39 Å². The maximum atomic E-state index is 12.9. The molecule has 0 atom stereocenters. The van der Waals surface area contributed by atoms with Gasteiger partial charge in [-0.2, -0.15) is 0 Å². The Kier molecular flexibility index (Phi) is 4.73. The molecule has 0 aromatic heterocycles. The van der Waals surface area contributed by atoms with Gasteiger partial charge >= 0.3 is 0 Å². The second kappa shape index (κ2) is 5.84. The van der Waals surface area contributed by atoms with Crippen LogP contribution in [-0.4, -0.2) is 31.4 Å². The molecule has 1 N–H and O–H groups in total. The topological polar surface area (TPSA) is 32.3 Å². The van der Waals surface area contributed by atoms with Crippen molar-refractivity contribution in [1.82, 2.24) is 4.90 Å². The summed E-state index contributed by atoms with van der Waals surface area (Å²) in [6.07, 6.45) is 0.385. The average Bonchev–Trinajstić information content (AvgIpc) is 2.22. The number of halogens is 2. The number of benzene rings is 1. The van der Waals surface area contributed by atoms with E-state index >= 15 is 0 Å². The van der Waals surface area contributed by atoms with Crippen LogP contribution in [0.25, 0.3) is 0 Å². The number of rotatable bonds is 4. The van der Waals surface area contributed by atoms with Crippen LogP contribution in [0, 0.1) is 5.82 Å². The van der Waals surface area contributed by atoms with Gasteiger partial charge < -0.3 is 10.2 Å². The van der Waals surface area contributed by atoms with Crippen LogP contribution in [0.4, 0.5) is 10.1 Å². The monoisotopic (exact) mass is 288 g/mol. The number of nitrogens with one attached hydrogen (secondary N) is 1. The Morgan fingerprint density at radius 3 is 2.81 bits per heavy atom. The van der Waals surface area contributed by atoms with Gasteiger partial charge in [0.25, 0.3) is 0 Å². The molecular formula is C11H14BrFN2O. The summed E-state index contributed by atoms with van der Waals surface area (Å²) >= 11 is 3.30. The highest BCUT2D eigenvalue weighted by Crippen LogP contribution is 2.22. The minimum atomic E-state index is -0.301. The van der Waals surface area contributed by atoms with Crippen molar-refractivity contribution in [2.45, 2.75) is 6.42 Å². The standard InChI is InChI=1S/C11H14BrFN2O/c1-15(2)11(16)5-6-14-10-7-8(13)3-4-9(10)12/h3-4,7,14H,5-6H2,1-2H3. The van der Waals surface area contributed by atoms with E-state index in [0.29, 0.717) is 18.7 Å². The number of amides is 1. The molecule has 1 rings (SSSR count). The van der Waals surface area contributed by atoms with Gasteiger partial charge in [0, 0.05) is 31.5 Å². The van der Waals surface area contributed by atoms with Gasteiger partial charge in [-0.15, -0.1) is 0 Å². The largest absolute Gasteiger partial charge is 0.384 e. The lowest BCUT2D eigenvalue weighted by molar-refractivity contribution is -0.128. The van der Waals surface area contributed by atoms with Gasteiger partial charge in [-0.05, 0) is 34.1 Å². The van der Waals surface area contributed by atoms with E-state index in [1.165, 1.54) is 17.0 Å². The lowest BCUT2D eigenvalue weighted by atomic mass is 10.3. The van der Waals surface area contributed by atoms with Crippen LogP contribution in [-0.2, 0) is 4.79 Å². The minimum Gasteiger partial charge on any atom is -0.384 e. The Bertz CT molecular complexity index is 382. The van der Waals surface area contributed by atoms with Crippen molar-refractivity contribution in [3.05, 3.63) is 28.5 Å². The molecule has 16 heavy (non-hydrogen) atoms. The van der Waals surface area contributed by atoms with Crippen molar-refractivity contribution in [2.24, 2.45) is 0 Å². The van der Waals surface area contributed by atoms with E-state index in [4.69, 9.17) is 0 Å². The van der Waals surface area contributed by atoms with E-state index in [1.54, 1.807) is 20.2 Å². The molecule has 3 nitrogen and oxygen atoms in total. The van der Waals surface area contributed by atoms with Gasteiger partial charge in [-0.1, -0.05) is 0 Å². The molecule has 1 amide bonds. The summed E-state index contributed by atoms with van der Waals surface area (Å²) in [5.74, 6) is -0.260. The second-order valence-electron chi connectivity index (χ2n) is 3.59. The minimum absolute atomic E-state index is 0.0417. The fourth-order valence-electron chi connectivity index (χ4n) is 1.16. The first-order valence-electron chi connectivity index (χ1n) is 4.90. The van der Waals surface area contributed by atoms with Gasteiger partial charge in [0.2, 0.25) is 5.91 Å². The summed E-state index contributed by atoms with van der Waals surface area (Å²) in [6.45, 7) is 0.485. The average molecular weight is 289 g/mol. The van der Waals surface area contributed by atoms with E-state index in [9.17, 15) is 9.18 Å². The highest BCUT2D eigenvalue weighted by atomic mass is 79.9. The molecule has 0 radical (unpaired) electrons. The number of hydrogen-bond donors (Lipinski definition) is 1. The van der Waals surface area contributed by atoms with Crippen LogP contribution in [0.1, 0.15) is 6.42 Å². The molecule has 0 aliphatic rings. The van der Waals surface area contributed by atoms with E-state index in [2.05, 4.69) is 21.2 Å². The molecule has 0 saturated carbocycles. The summed E-state index contributed by atoms with van der Waals surface area (Å²) in [5, 5.41) is 3.01. The van der Waals surface area contributed by atoms with Crippen molar-refractivity contribution >= 4 is 27.5 Å². The van der Waals surface area contributed by atoms with Gasteiger partial charge in [0.15, 0.2) is 0 Å². The Morgan fingerprint density at radius 2 is 2.19 bits per heavy atom. The van der Waals surface area contributed by atoms with E-state index in [-0.39, 0.29) is 11.7 Å². The maximum Gasteiger partial charge on any atom is 0.223 e. The van der Waals surface area contributed by atoms with Crippen molar-refractivity contribution < 1.29 is 9.18 Å². The summed E-state index contributed by atoms with van der Waals surface area (Å²) in [4.78, 5) is 12.8. The van der Waals surface area contributed by atoms with Gasteiger partial charge in [0.05, 0.1) is 5.69 Å². The molecular weight excluding hydrogens is 275 g/mol. The predicted molar refractivity (Wildman–Crippen MR) is 65.9 cm³/mol. The first-order valence-corrected chi connectivity index (χ1v) is 5.69. The first kappa shape index (κ1) is 13.0. The van der Waals surface area contributed by atoms with Gasteiger partial charge in [-0.3, -0.25) is 4.79 Å². The molecule has 0 unspecified atom stereocenters. The lowest BCUT2D eigenvalue weighted by Gasteiger charge is -2.12. The van der Waals surface area contributed by atoms with Gasteiger partial charge in [0.1, 0.15) is 5.82 Å². The van der Waals surface area contributed by atoms with Crippen LogP contribution < -0.4 is 5.32 Å². The molecule has 0 fully saturated rings. The van der Waals surface area contributed by atoms with Crippen LogP contribution in [0.5, 0.6) is 0 Å². The van der Waals surface area contributed by atoms with Crippen molar-refractivity contribution in [1.29, 1.82) is 0 Å². The van der Waals surface area contributed by atoms with E-state index < -0.39 is 0 Å². The number of nitrogens with zero attached hydrogens (tertiary/aromatic N) is 1. The molecule has 0 heterocycles. The normalized spacial score (nSPS) is 10.0. The van der Waals surface area contributed by atoms with Crippen LogP contribution in [0.2, 0.25) is 0 Å². The van der Waals surface area contributed by atoms with E-state index in [1.807, 2.05) is 0 Å². The summed E-state index contributed by atoms with van der Waals surface area (Å²) in [6, 6.07) is 4.40. The molecule has 0 bridgehead atoms. The third kappa shape index (κ3) is 3.81. The molecule has 1 aromatic carbocycles. The molecule has 88 valence electrons. The maximum absolute atomic E-state index is 12.9. The Balaban J connectivity index is 2.49. The molecule has 0 saturated heterocycles. The zero-order valence-corrected chi connectivity index (χ0v) is 10.8. The summed E-state index contributed by atoms with van der Waals surface area (Å²) in [5.41, 5.74) is 0.659. The lowest BCUT2D eigenvalue weighted by Crippen LogP contribution is -2.23. The van der Waals surface area contributed by atoms with Crippen LogP contribution in [0.15, 0.2) is 22.7 Å². The third-order valence-electron chi connectivity index (χ3n) is 2.08. The fourth-order valence-corrected chi connectivity index (χ4v) is 1.55. The smallest absolute Gasteiger partial charge is 0.223 e. The Hall–Kier alpha value is -1.10.